The highest BCUT2D eigenvalue weighted by Crippen LogP contribution is 2.55. The lowest BCUT2D eigenvalue weighted by Gasteiger charge is -2.24. The van der Waals surface area contributed by atoms with Crippen molar-refractivity contribution < 1.29 is 26.9 Å². The highest BCUT2D eigenvalue weighted by Gasteiger charge is 2.65. The Morgan fingerprint density at radius 2 is 1.87 bits per heavy atom. The molecule has 2 aromatic carbocycles. The van der Waals surface area contributed by atoms with Crippen molar-refractivity contribution in [3.63, 3.8) is 0 Å². The maximum atomic E-state index is 12.3. The molecule has 160 valence electrons. The van der Waals surface area contributed by atoms with Gasteiger partial charge in [-0.3, -0.25) is 4.18 Å². The molecule has 0 spiro atoms. The van der Waals surface area contributed by atoms with Crippen LogP contribution in [0.1, 0.15) is 12.8 Å². The van der Waals surface area contributed by atoms with Gasteiger partial charge in [-0.2, -0.15) is 8.42 Å². The number of hydrogen-bond acceptors (Lipinski definition) is 6. The summed E-state index contributed by atoms with van der Waals surface area (Å²) >= 11 is 0. The topological polar surface area (TPSA) is 78.9 Å². The molecule has 31 heavy (non-hydrogen) atoms. The van der Waals surface area contributed by atoms with Gasteiger partial charge in [-0.1, -0.05) is 12.1 Å². The van der Waals surface area contributed by atoms with Crippen molar-refractivity contribution in [2.24, 2.45) is 11.8 Å². The van der Waals surface area contributed by atoms with Crippen molar-refractivity contribution in [3.8, 4) is 10.6 Å². The Morgan fingerprint density at radius 3 is 2.71 bits per heavy atom. The minimum absolute atomic E-state index is 0.0446. The van der Waals surface area contributed by atoms with E-state index in [0.29, 0.717) is 12.2 Å². The molecular weight excluding hydrogens is 436 g/mol. The summed E-state index contributed by atoms with van der Waals surface area (Å²) in [4.78, 5) is 13.5. The molecule has 0 radical (unpaired) electrons. The van der Waals surface area contributed by atoms with Gasteiger partial charge in [-0.15, -0.1) is 0 Å². The first-order valence-electron chi connectivity index (χ1n) is 10.3. The molecule has 0 amide bonds. The van der Waals surface area contributed by atoms with Crippen molar-refractivity contribution in [1.29, 1.82) is 0 Å². The van der Waals surface area contributed by atoms with Gasteiger partial charge in [-0.05, 0) is 37.1 Å². The Morgan fingerprint density at radius 1 is 1.06 bits per heavy atom. The minimum Gasteiger partial charge on any atom is -0.482 e. The average Bonchev–Trinajstić information content (AvgIpc) is 3.49. The standard InChI is InChI=1S/C23H21O6S2/c24-21(28-22-15-11-18-20(12-15)31(25,26)29-23(18)22)13-27-16-5-7-17(8-6-16)30-10-9-14-3-1-2-4-19(14)30/h1-10,15,18,20,22-23H,11-13H2/q+1. The molecule has 1 saturated heterocycles. The van der Waals surface area contributed by atoms with Gasteiger partial charge in [-0.25, -0.2) is 4.79 Å². The van der Waals surface area contributed by atoms with Gasteiger partial charge in [0.05, 0.1) is 5.25 Å². The fourth-order valence-corrected chi connectivity index (χ4v) is 9.06. The van der Waals surface area contributed by atoms with Gasteiger partial charge in [0, 0.05) is 45.9 Å². The van der Waals surface area contributed by atoms with Crippen LogP contribution in [-0.4, -0.2) is 38.5 Å². The zero-order valence-electron chi connectivity index (χ0n) is 16.5. The smallest absolute Gasteiger partial charge is 0.344 e. The summed E-state index contributed by atoms with van der Waals surface area (Å²) in [6.07, 6.45) is 0.241. The lowest BCUT2D eigenvalue weighted by atomic mass is 9.94. The molecule has 6 unspecified atom stereocenters. The van der Waals surface area contributed by atoms with Crippen LogP contribution in [0, 0.1) is 11.8 Å². The summed E-state index contributed by atoms with van der Waals surface area (Å²) in [5.41, 5.74) is 0. The summed E-state index contributed by atoms with van der Waals surface area (Å²) in [6, 6.07) is 18.3. The highest BCUT2D eigenvalue weighted by atomic mass is 32.2. The first-order chi connectivity index (χ1) is 15.0. The van der Waals surface area contributed by atoms with E-state index >= 15 is 0 Å². The van der Waals surface area contributed by atoms with Gasteiger partial charge in [0.15, 0.2) is 16.2 Å². The first-order valence-corrected chi connectivity index (χ1v) is 13.1. The predicted octanol–water partition coefficient (Wildman–Crippen LogP) is 4.01. The van der Waals surface area contributed by atoms with E-state index in [1.807, 2.05) is 30.3 Å². The van der Waals surface area contributed by atoms with Gasteiger partial charge < -0.3 is 9.47 Å². The second-order valence-electron chi connectivity index (χ2n) is 8.38. The third kappa shape index (κ3) is 3.16. The summed E-state index contributed by atoms with van der Waals surface area (Å²) in [7, 11) is -3.60. The van der Waals surface area contributed by atoms with Crippen LogP contribution in [0.3, 0.4) is 0 Å². The van der Waals surface area contributed by atoms with Crippen LogP contribution >= 0.6 is 10.5 Å². The van der Waals surface area contributed by atoms with Crippen LogP contribution in [0.4, 0.5) is 0 Å². The number of esters is 1. The summed E-state index contributed by atoms with van der Waals surface area (Å²) in [6.45, 7) is -0.218. The third-order valence-corrected chi connectivity index (χ3v) is 10.5. The van der Waals surface area contributed by atoms with Crippen LogP contribution in [0.2, 0.25) is 0 Å². The normalized spacial score (nSPS) is 30.6. The van der Waals surface area contributed by atoms with E-state index in [1.165, 1.54) is 15.0 Å². The minimum atomic E-state index is -3.51. The number of benzene rings is 2. The number of carbonyl (C=O) groups is 1. The average molecular weight is 458 g/mol. The van der Waals surface area contributed by atoms with Crippen LogP contribution in [-0.2, 0) is 23.8 Å². The molecule has 2 heterocycles. The molecule has 3 fully saturated rings. The maximum absolute atomic E-state index is 12.3. The van der Waals surface area contributed by atoms with Crippen molar-refractivity contribution in [2.75, 3.05) is 6.61 Å². The Bertz CT molecular complexity index is 1260. The fourth-order valence-electron chi connectivity index (χ4n) is 5.29. The van der Waals surface area contributed by atoms with Gasteiger partial charge in [0.2, 0.25) is 0 Å². The highest BCUT2D eigenvalue weighted by molar-refractivity contribution is 7.87. The van der Waals surface area contributed by atoms with E-state index in [2.05, 4.69) is 29.6 Å². The molecule has 1 aliphatic heterocycles. The molecule has 6 atom stereocenters. The second kappa shape index (κ2) is 7.05. The first kappa shape index (κ1) is 19.3. The van der Waals surface area contributed by atoms with Crippen molar-refractivity contribution in [1.82, 2.24) is 0 Å². The van der Waals surface area contributed by atoms with Crippen molar-refractivity contribution in [3.05, 3.63) is 60.0 Å². The third-order valence-electron chi connectivity index (χ3n) is 6.66. The monoisotopic (exact) mass is 457 g/mol. The molecule has 3 aromatic rings. The van der Waals surface area contributed by atoms with E-state index in [4.69, 9.17) is 13.7 Å². The lowest BCUT2D eigenvalue weighted by molar-refractivity contribution is -0.158. The van der Waals surface area contributed by atoms with E-state index < -0.39 is 33.5 Å². The zero-order valence-corrected chi connectivity index (χ0v) is 18.2. The Balaban J connectivity index is 1.09. The van der Waals surface area contributed by atoms with Crippen molar-refractivity contribution in [2.45, 2.75) is 30.3 Å². The van der Waals surface area contributed by atoms with Crippen LogP contribution in [0.25, 0.3) is 15.0 Å². The Labute approximate surface area is 182 Å². The lowest BCUT2D eigenvalue weighted by Crippen LogP contribution is -2.38. The number of ether oxygens (including phenoxy) is 2. The summed E-state index contributed by atoms with van der Waals surface area (Å²) in [5.74, 6) is 0.106. The van der Waals surface area contributed by atoms with Gasteiger partial charge in [0.25, 0.3) is 10.1 Å². The number of carbonyl (C=O) groups excluding carboxylic acids is 1. The number of thiophene rings is 1. The number of rotatable bonds is 5. The molecule has 1 aromatic heterocycles. The van der Waals surface area contributed by atoms with E-state index in [0.717, 1.165) is 6.42 Å². The molecular formula is C23H21O6S2+. The largest absolute Gasteiger partial charge is 0.482 e. The number of fused-ring (bicyclic) bond motifs is 2. The SMILES string of the molecule is O=C(COc1ccc(-[s+]2ccc3ccccc32)cc1)OC1C2CC3C1OS(=O)(=O)C3C2. The molecule has 6 rings (SSSR count). The van der Waals surface area contributed by atoms with E-state index in [9.17, 15) is 13.2 Å². The Kier molecular flexibility index (Phi) is 4.38. The zero-order chi connectivity index (χ0) is 21.2. The quantitative estimate of drug-likeness (QED) is 0.327. The summed E-state index contributed by atoms with van der Waals surface area (Å²) < 4.78 is 41.8. The predicted molar refractivity (Wildman–Crippen MR) is 117 cm³/mol. The maximum Gasteiger partial charge on any atom is 0.344 e. The van der Waals surface area contributed by atoms with Crippen molar-refractivity contribution >= 4 is 36.6 Å². The summed E-state index contributed by atoms with van der Waals surface area (Å²) in [5, 5.41) is 3.04. The Hall–Kier alpha value is -2.42. The van der Waals surface area contributed by atoms with Crippen LogP contribution in [0.5, 0.6) is 5.75 Å². The molecule has 3 aliphatic rings. The molecule has 8 heteroatoms. The van der Waals surface area contributed by atoms with Crippen LogP contribution in [0.15, 0.2) is 60.0 Å². The van der Waals surface area contributed by atoms with Gasteiger partial charge in [0.1, 0.15) is 23.3 Å². The molecule has 0 N–H and O–H groups in total. The van der Waals surface area contributed by atoms with Crippen LogP contribution < -0.4 is 4.74 Å². The number of hydrogen-bond donors (Lipinski definition) is 0. The molecule has 2 bridgehead atoms. The van der Waals surface area contributed by atoms with E-state index in [-0.39, 0.29) is 28.9 Å². The molecule has 6 nitrogen and oxygen atoms in total. The molecule has 2 aliphatic carbocycles. The van der Waals surface area contributed by atoms with E-state index in [1.54, 1.807) is 0 Å². The van der Waals surface area contributed by atoms with Gasteiger partial charge >= 0.3 is 5.97 Å². The fraction of sp³-hybridized carbons (Fsp3) is 0.348. The molecule has 2 saturated carbocycles. The second-order valence-corrected chi connectivity index (χ2v) is 12.0.